The minimum Gasteiger partial charge on any atom is -0.385 e. The summed E-state index contributed by atoms with van der Waals surface area (Å²) in [6.07, 6.45) is -7.18. The first-order chi connectivity index (χ1) is 12.5. The van der Waals surface area contributed by atoms with Crippen molar-refractivity contribution in [2.45, 2.75) is 24.3 Å². The zero-order chi connectivity index (χ0) is 21.7. The highest BCUT2D eigenvalue weighted by Crippen LogP contribution is 2.58. The molecule has 18 heteroatoms. The summed E-state index contributed by atoms with van der Waals surface area (Å²) >= 11 is 10.4. The Kier molecular flexibility index (Phi) is 6.04. The number of phosphoric acid groups is 2. The highest BCUT2D eigenvalue weighted by molar-refractivity contribution is 7.71. The lowest BCUT2D eigenvalue weighted by Gasteiger charge is -2.24. The molecular formula is C9H12ClFN2O11P2S. The van der Waals surface area contributed by atoms with E-state index in [1.54, 1.807) is 0 Å². The minimum absolute atomic E-state index is 0.492. The van der Waals surface area contributed by atoms with Gasteiger partial charge in [0.1, 0.15) is 23.8 Å². The molecule has 1 unspecified atom stereocenters. The van der Waals surface area contributed by atoms with Gasteiger partial charge in [-0.25, -0.2) is 13.5 Å². The van der Waals surface area contributed by atoms with Gasteiger partial charge in [-0.15, -0.1) is 0 Å². The summed E-state index contributed by atoms with van der Waals surface area (Å²) in [5.74, 6) is -3.55. The maximum atomic E-state index is 14.9. The predicted molar refractivity (Wildman–Crippen MR) is 85.8 cm³/mol. The number of nitrogens with one attached hydrogen (secondary N) is 1. The number of aliphatic hydroxyl groups excluding tert-OH is 2. The second-order valence-corrected chi connectivity index (χ2v) is 8.66. The van der Waals surface area contributed by atoms with Crippen LogP contribution in [0.2, 0.25) is 5.02 Å². The summed E-state index contributed by atoms with van der Waals surface area (Å²) in [4.78, 5) is 39.5. The molecule has 1 fully saturated rings. The highest BCUT2D eigenvalue weighted by Gasteiger charge is 2.57. The van der Waals surface area contributed by atoms with Crippen LogP contribution in [0.25, 0.3) is 0 Å². The minimum atomic E-state index is -5.53. The molecule has 1 aromatic heterocycles. The van der Waals surface area contributed by atoms with E-state index < -0.39 is 61.9 Å². The first kappa shape index (κ1) is 21.2. The van der Waals surface area contributed by atoms with Gasteiger partial charge in [0.15, 0.2) is 11.0 Å². The number of rotatable bonds is 6. The van der Waals surface area contributed by atoms with E-state index in [2.05, 4.69) is 13.6 Å². The second-order valence-electron chi connectivity index (χ2n) is 5.04. The Balaban J connectivity index is 2.34. The molecule has 154 valence electrons. The van der Waals surface area contributed by atoms with E-state index in [1.165, 1.54) is 0 Å². The van der Waals surface area contributed by atoms with Crippen LogP contribution in [0, 0.1) is 4.77 Å². The Labute approximate surface area is 160 Å². The predicted octanol–water partition coefficient (Wildman–Crippen LogP) is -0.298. The van der Waals surface area contributed by atoms with Gasteiger partial charge in [-0.3, -0.25) is 18.9 Å². The SMILES string of the molecule is [2H][C@@]1(n2cc(Cl)c(=O)[nH]c2=S)O[C@](F)(COP(=O)(O)OP(=O)(O)O)[C@@H](O)[C@H]1O. The zero-order valence-electron chi connectivity index (χ0n) is 13.6. The largest absolute Gasteiger partial charge is 0.481 e. The van der Waals surface area contributed by atoms with E-state index in [4.69, 9.17) is 39.9 Å². The number of H-pyrrole nitrogens is 1. The molecule has 0 amide bonds. The van der Waals surface area contributed by atoms with Crippen LogP contribution in [0.4, 0.5) is 4.39 Å². The molecule has 1 aliphatic rings. The molecule has 0 aromatic carbocycles. The molecule has 5 atom stereocenters. The quantitative estimate of drug-likeness (QED) is 0.233. The fraction of sp³-hybridized carbons (Fsp3) is 0.556. The van der Waals surface area contributed by atoms with Crippen molar-refractivity contribution in [2.24, 2.45) is 0 Å². The molecule has 1 saturated heterocycles. The third-order valence-corrected chi connectivity index (χ3v) is 5.74. The van der Waals surface area contributed by atoms with E-state index in [0.717, 1.165) is 0 Å². The van der Waals surface area contributed by atoms with Crippen LogP contribution in [-0.4, -0.2) is 59.1 Å². The van der Waals surface area contributed by atoms with Crippen LogP contribution in [0.5, 0.6) is 0 Å². The summed E-state index contributed by atoms with van der Waals surface area (Å²) < 4.78 is 57.1. The van der Waals surface area contributed by atoms with Gasteiger partial charge in [-0.05, 0) is 12.2 Å². The van der Waals surface area contributed by atoms with Crippen LogP contribution in [0.1, 0.15) is 7.57 Å². The maximum Gasteiger partial charge on any atom is 0.481 e. The molecule has 1 aromatic rings. The zero-order valence-corrected chi connectivity index (χ0v) is 16.0. The standard InChI is InChI=1S/C9H12ClFN2O11P2S/c10-3-1-13(8(27)12-6(3)16)7-4(14)5(15)9(11,23-7)2-22-26(20,21)24-25(17,18)19/h1,4-5,7,14-15H,2H2,(H,20,21)(H,12,16,27)(H2,17,18,19)/t4-,5+,7-,9-/m1/s1/i7D. The van der Waals surface area contributed by atoms with E-state index in [9.17, 15) is 28.5 Å². The molecule has 0 aliphatic carbocycles. The molecule has 6 N–H and O–H groups in total. The summed E-state index contributed by atoms with van der Waals surface area (Å²) in [6, 6.07) is 0. The van der Waals surface area contributed by atoms with Crippen LogP contribution >= 0.6 is 39.5 Å². The van der Waals surface area contributed by atoms with E-state index in [0.29, 0.717) is 10.8 Å². The van der Waals surface area contributed by atoms with Crippen molar-refractivity contribution >= 4 is 39.5 Å². The van der Waals surface area contributed by atoms with Gasteiger partial charge >= 0.3 is 15.6 Å². The topological polar surface area (TPSA) is 201 Å². The highest BCUT2D eigenvalue weighted by atomic mass is 35.5. The maximum absolute atomic E-state index is 14.9. The fourth-order valence-corrected chi connectivity index (χ4v) is 3.89. The van der Waals surface area contributed by atoms with Crippen molar-refractivity contribution in [3.63, 3.8) is 0 Å². The number of phosphoric ester groups is 1. The number of halogens is 2. The van der Waals surface area contributed by atoms with Crippen molar-refractivity contribution in [2.75, 3.05) is 6.61 Å². The van der Waals surface area contributed by atoms with Crippen molar-refractivity contribution in [3.8, 4) is 0 Å². The fourth-order valence-electron chi connectivity index (χ4n) is 1.91. The second kappa shape index (κ2) is 7.71. The van der Waals surface area contributed by atoms with E-state index >= 15 is 0 Å². The number of hydrogen-bond acceptors (Lipinski definition) is 9. The number of nitrogens with zero attached hydrogens (tertiary/aromatic N) is 1. The molecular weight excluding hydrogens is 461 g/mol. The Hall–Kier alpha value is -0.540. The monoisotopic (exact) mass is 473 g/mol. The lowest BCUT2D eigenvalue weighted by molar-refractivity contribution is -0.204. The van der Waals surface area contributed by atoms with Crippen LogP contribution in [-0.2, 0) is 22.7 Å². The van der Waals surface area contributed by atoms with Gasteiger partial charge in [-0.2, -0.15) is 4.31 Å². The molecule has 0 spiro atoms. The number of aromatic amines is 1. The van der Waals surface area contributed by atoms with Crippen molar-refractivity contribution in [3.05, 3.63) is 26.3 Å². The summed E-state index contributed by atoms with van der Waals surface area (Å²) in [5, 5.41) is 19.4. The van der Waals surface area contributed by atoms with E-state index in [1.807, 2.05) is 4.98 Å². The number of aliphatic hydroxyl groups is 2. The van der Waals surface area contributed by atoms with Gasteiger partial charge in [-0.1, -0.05) is 11.6 Å². The van der Waals surface area contributed by atoms with Crippen molar-refractivity contribution < 1.29 is 53.4 Å². The van der Waals surface area contributed by atoms with Gasteiger partial charge in [0, 0.05) is 6.20 Å². The molecule has 2 heterocycles. The smallest absolute Gasteiger partial charge is 0.385 e. The van der Waals surface area contributed by atoms with Gasteiger partial charge < -0.3 is 29.6 Å². The number of alkyl halides is 1. The summed E-state index contributed by atoms with van der Waals surface area (Å²) in [5.41, 5.74) is -0.870. The number of ether oxygens (including phenoxy) is 1. The van der Waals surface area contributed by atoms with Crippen LogP contribution in [0.3, 0.4) is 0 Å². The van der Waals surface area contributed by atoms with Gasteiger partial charge in [0.2, 0.25) is 0 Å². The molecule has 1 aliphatic heterocycles. The van der Waals surface area contributed by atoms with Crippen molar-refractivity contribution in [1.82, 2.24) is 9.55 Å². The lowest BCUT2D eigenvalue weighted by atomic mass is 10.1. The third kappa shape index (κ3) is 5.29. The van der Waals surface area contributed by atoms with E-state index in [-0.39, 0.29) is 0 Å². The number of aromatic nitrogens is 2. The first-order valence-corrected chi connectivity index (χ1v) is 10.3. The van der Waals surface area contributed by atoms with Crippen LogP contribution in [0.15, 0.2) is 11.0 Å². The molecule has 27 heavy (non-hydrogen) atoms. The molecule has 0 radical (unpaired) electrons. The molecule has 13 nitrogen and oxygen atoms in total. The molecule has 0 saturated carbocycles. The van der Waals surface area contributed by atoms with Crippen molar-refractivity contribution in [1.29, 1.82) is 0 Å². The van der Waals surface area contributed by atoms with Gasteiger partial charge in [0.05, 0.1) is 1.37 Å². The Morgan fingerprint density at radius 1 is 1.48 bits per heavy atom. The summed E-state index contributed by atoms with van der Waals surface area (Å²) in [7, 11) is -11.0. The lowest BCUT2D eigenvalue weighted by Crippen LogP contribution is -2.42. The first-order valence-electron chi connectivity index (χ1n) is 7.02. The summed E-state index contributed by atoms with van der Waals surface area (Å²) in [6.45, 7) is -1.70. The Morgan fingerprint density at radius 3 is 2.63 bits per heavy atom. The average molecular weight is 474 g/mol. The normalized spacial score (nSPS) is 34.3. The Bertz CT molecular complexity index is 988. The Morgan fingerprint density at radius 2 is 2.07 bits per heavy atom. The third-order valence-electron chi connectivity index (χ3n) is 3.04. The van der Waals surface area contributed by atoms with Crippen LogP contribution < -0.4 is 5.56 Å². The molecule has 2 rings (SSSR count). The number of hydrogen-bond donors (Lipinski definition) is 6. The molecule has 0 bridgehead atoms. The van der Waals surface area contributed by atoms with Gasteiger partial charge in [0.25, 0.3) is 11.4 Å². The average Bonchev–Trinajstić information content (AvgIpc) is 2.69.